The maximum absolute atomic E-state index is 13.9. The molecule has 0 aromatic heterocycles. The van der Waals surface area contributed by atoms with Gasteiger partial charge in [-0.1, -0.05) is 43.0 Å². The Morgan fingerprint density at radius 3 is 2.31 bits per heavy atom. The highest BCUT2D eigenvalue weighted by Crippen LogP contribution is 2.45. The number of benzene rings is 1. The summed E-state index contributed by atoms with van der Waals surface area (Å²) in [5.41, 5.74) is -1.94. The van der Waals surface area contributed by atoms with Gasteiger partial charge in [0.05, 0.1) is 4.90 Å². The summed E-state index contributed by atoms with van der Waals surface area (Å²) in [6.45, 7) is 3.54. The first kappa shape index (κ1) is 20.2. The third-order valence-corrected chi connectivity index (χ3v) is 6.21. The molecule has 1 aliphatic heterocycles. The second-order valence-electron chi connectivity index (χ2n) is 6.10. The molecule has 0 saturated carbocycles. The Bertz CT molecular complexity index is 1130. The lowest BCUT2D eigenvalue weighted by Crippen LogP contribution is -2.45. The summed E-state index contributed by atoms with van der Waals surface area (Å²) >= 11 is 0. The van der Waals surface area contributed by atoms with Gasteiger partial charge in [-0.05, 0) is 29.7 Å². The van der Waals surface area contributed by atoms with Gasteiger partial charge in [0.2, 0.25) is 0 Å². The van der Waals surface area contributed by atoms with Crippen molar-refractivity contribution in [1.29, 1.82) is 10.5 Å². The van der Waals surface area contributed by atoms with Crippen molar-refractivity contribution in [1.82, 2.24) is 9.21 Å². The largest absolute Gasteiger partial charge is 0.435 e. The van der Waals surface area contributed by atoms with Gasteiger partial charge in [-0.3, -0.25) is 0 Å². The second kappa shape index (κ2) is 7.15. The normalized spacial score (nSPS) is 19.2. The SMILES string of the molecule is C=Cc1ccc(S(=O)(=O)N2C(C(F)(F)F)=C(C#N)N(C#N)C2C2=CC=CC2)cc1. The minimum absolute atomic E-state index is 0.122. The summed E-state index contributed by atoms with van der Waals surface area (Å²) in [5, 5.41) is 18.8. The molecule has 1 aromatic rings. The lowest BCUT2D eigenvalue weighted by atomic mass is 10.1. The van der Waals surface area contributed by atoms with E-state index in [0.717, 1.165) is 12.1 Å². The van der Waals surface area contributed by atoms with Crippen molar-refractivity contribution in [3.63, 3.8) is 0 Å². The van der Waals surface area contributed by atoms with Crippen LogP contribution in [0.3, 0.4) is 0 Å². The van der Waals surface area contributed by atoms with E-state index in [1.807, 2.05) is 0 Å². The molecule has 0 fully saturated rings. The Labute approximate surface area is 165 Å². The summed E-state index contributed by atoms with van der Waals surface area (Å²) < 4.78 is 68.3. The number of nitrogens with zero attached hydrogens (tertiary/aromatic N) is 4. The van der Waals surface area contributed by atoms with Crippen LogP contribution in [0.4, 0.5) is 13.2 Å². The van der Waals surface area contributed by atoms with E-state index in [2.05, 4.69) is 6.58 Å². The molecule has 1 heterocycles. The van der Waals surface area contributed by atoms with Crippen molar-refractivity contribution in [2.75, 3.05) is 0 Å². The van der Waals surface area contributed by atoms with Gasteiger partial charge < -0.3 is 0 Å². The number of rotatable bonds is 4. The first-order valence-electron chi connectivity index (χ1n) is 8.20. The van der Waals surface area contributed by atoms with Crippen LogP contribution in [-0.2, 0) is 10.0 Å². The molecule has 1 unspecified atom stereocenters. The van der Waals surface area contributed by atoms with Crippen molar-refractivity contribution in [2.24, 2.45) is 0 Å². The molecule has 10 heteroatoms. The van der Waals surface area contributed by atoms with Crippen molar-refractivity contribution in [3.05, 3.63) is 71.6 Å². The fourth-order valence-electron chi connectivity index (χ4n) is 3.15. The highest BCUT2D eigenvalue weighted by atomic mass is 32.2. The first-order chi connectivity index (χ1) is 13.7. The van der Waals surface area contributed by atoms with Gasteiger partial charge in [0, 0.05) is 0 Å². The number of alkyl halides is 3. The van der Waals surface area contributed by atoms with Crippen molar-refractivity contribution in [3.8, 4) is 12.3 Å². The van der Waals surface area contributed by atoms with E-state index in [0.29, 0.717) is 10.5 Å². The molecular weight excluding hydrogens is 405 g/mol. The zero-order chi connectivity index (χ0) is 21.4. The number of allylic oxidation sites excluding steroid dienone is 5. The van der Waals surface area contributed by atoms with Crippen LogP contribution in [0.1, 0.15) is 12.0 Å². The van der Waals surface area contributed by atoms with Gasteiger partial charge in [-0.25, -0.2) is 17.6 Å². The van der Waals surface area contributed by atoms with Gasteiger partial charge in [-0.2, -0.15) is 23.7 Å². The molecule has 0 spiro atoms. The topological polar surface area (TPSA) is 88.2 Å². The monoisotopic (exact) mass is 418 g/mol. The Hall–Kier alpha value is -3.50. The van der Waals surface area contributed by atoms with Gasteiger partial charge in [-0.15, -0.1) is 0 Å². The molecule has 148 valence electrons. The predicted molar refractivity (Wildman–Crippen MR) is 97.3 cm³/mol. The summed E-state index contributed by atoms with van der Waals surface area (Å²) in [6, 6.07) is 6.44. The molecule has 2 aliphatic rings. The highest BCUT2D eigenvalue weighted by molar-refractivity contribution is 7.89. The van der Waals surface area contributed by atoms with Gasteiger partial charge in [0.25, 0.3) is 10.0 Å². The summed E-state index contributed by atoms with van der Waals surface area (Å²) in [7, 11) is -4.76. The first-order valence-corrected chi connectivity index (χ1v) is 9.64. The fraction of sp³-hybridized carbons (Fsp3) is 0.158. The van der Waals surface area contributed by atoms with Crippen molar-refractivity contribution in [2.45, 2.75) is 23.7 Å². The third kappa shape index (κ3) is 3.28. The maximum Gasteiger partial charge on any atom is 0.435 e. The number of hydrogen-bond acceptors (Lipinski definition) is 5. The highest BCUT2D eigenvalue weighted by Gasteiger charge is 2.56. The summed E-state index contributed by atoms with van der Waals surface area (Å²) in [4.78, 5) is 0.0793. The van der Waals surface area contributed by atoms with Crippen LogP contribution in [0.25, 0.3) is 6.08 Å². The minimum atomic E-state index is -5.18. The molecule has 0 bridgehead atoms. The molecule has 1 aliphatic carbocycles. The Morgan fingerprint density at radius 2 is 1.86 bits per heavy atom. The van der Waals surface area contributed by atoms with Crippen LogP contribution in [0, 0.1) is 22.8 Å². The lowest BCUT2D eigenvalue weighted by molar-refractivity contribution is -0.104. The zero-order valence-electron chi connectivity index (χ0n) is 14.8. The van der Waals surface area contributed by atoms with Crippen LogP contribution in [0.2, 0.25) is 0 Å². The Kier molecular flexibility index (Phi) is 4.99. The molecule has 0 saturated heterocycles. The molecule has 0 amide bonds. The Morgan fingerprint density at radius 1 is 1.21 bits per heavy atom. The molecule has 1 atom stereocenters. The molecule has 0 N–H and O–H groups in total. The average Bonchev–Trinajstić information content (AvgIpc) is 3.32. The summed E-state index contributed by atoms with van der Waals surface area (Å²) in [6.07, 6.45) is 0.930. The van der Waals surface area contributed by atoms with Crippen LogP contribution in [-0.4, -0.2) is 30.0 Å². The van der Waals surface area contributed by atoms with Crippen LogP contribution < -0.4 is 0 Å². The molecule has 0 radical (unpaired) electrons. The minimum Gasteiger partial charge on any atom is -0.241 e. The van der Waals surface area contributed by atoms with Crippen molar-refractivity contribution >= 4 is 16.1 Å². The zero-order valence-corrected chi connectivity index (χ0v) is 15.6. The van der Waals surface area contributed by atoms with E-state index in [9.17, 15) is 32.1 Å². The predicted octanol–water partition coefficient (Wildman–Crippen LogP) is 3.63. The van der Waals surface area contributed by atoms with E-state index in [-0.39, 0.29) is 16.3 Å². The number of hydrogen-bond donors (Lipinski definition) is 0. The standard InChI is InChI=1S/C19H13F3N4O2S/c1-2-13-7-9-15(10-8-13)29(27,28)26-17(19(20,21)22)16(11-23)25(12-24)18(26)14-5-3-4-6-14/h2-5,7-10,18H,1,6H2. The van der Waals surface area contributed by atoms with Crippen LogP contribution in [0.15, 0.2) is 70.9 Å². The maximum atomic E-state index is 13.9. The Balaban J connectivity index is 2.27. The van der Waals surface area contributed by atoms with E-state index in [1.165, 1.54) is 36.5 Å². The van der Waals surface area contributed by atoms with Crippen molar-refractivity contribution < 1.29 is 21.6 Å². The van der Waals surface area contributed by atoms with Crippen LogP contribution >= 0.6 is 0 Å². The summed E-state index contributed by atoms with van der Waals surface area (Å²) in [5.74, 6) is 0. The van der Waals surface area contributed by atoms with E-state index in [1.54, 1.807) is 12.2 Å². The number of halogens is 3. The van der Waals surface area contributed by atoms with Gasteiger partial charge >= 0.3 is 6.18 Å². The van der Waals surface area contributed by atoms with E-state index >= 15 is 0 Å². The second-order valence-corrected chi connectivity index (χ2v) is 7.91. The lowest BCUT2D eigenvalue weighted by Gasteiger charge is -2.31. The number of sulfonamides is 1. The molecule has 29 heavy (non-hydrogen) atoms. The smallest absolute Gasteiger partial charge is 0.241 e. The quantitative estimate of drug-likeness (QED) is 0.697. The van der Waals surface area contributed by atoms with Crippen LogP contribution in [0.5, 0.6) is 0 Å². The third-order valence-electron chi connectivity index (χ3n) is 4.44. The van der Waals surface area contributed by atoms with Gasteiger partial charge in [0.1, 0.15) is 6.07 Å². The molecule has 6 nitrogen and oxygen atoms in total. The van der Waals surface area contributed by atoms with E-state index in [4.69, 9.17) is 0 Å². The molecular formula is C19H13F3N4O2S. The van der Waals surface area contributed by atoms with Gasteiger partial charge in [0.15, 0.2) is 23.8 Å². The molecule has 3 rings (SSSR count). The fourth-order valence-corrected chi connectivity index (χ4v) is 4.78. The molecule has 1 aromatic carbocycles. The number of nitriles is 2. The van der Waals surface area contributed by atoms with E-state index < -0.39 is 38.7 Å². The average molecular weight is 418 g/mol.